The summed E-state index contributed by atoms with van der Waals surface area (Å²) < 4.78 is 38.6. The van der Waals surface area contributed by atoms with Crippen molar-refractivity contribution in [1.29, 1.82) is 0 Å². The Morgan fingerprint density at radius 2 is 2.00 bits per heavy atom. The molecule has 1 aromatic carbocycles. The van der Waals surface area contributed by atoms with Crippen molar-refractivity contribution in [1.82, 2.24) is 9.71 Å². The van der Waals surface area contributed by atoms with Crippen LogP contribution in [0.5, 0.6) is 0 Å². The second kappa shape index (κ2) is 5.56. The van der Waals surface area contributed by atoms with Crippen molar-refractivity contribution < 1.29 is 17.6 Å². The van der Waals surface area contributed by atoms with E-state index in [1.165, 1.54) is 30.3 Å². The van der Waals surface area contributed by atoms with E-state index in [-0.39, 0.29) is 15.5 Å². The highest BCUT2D eigenvalue weighted by Gasteiger charge is 2.19. The Labute approximate surface area is 119 Å². The van der Waals surface area contributed by atoms with Gasteiger partial charge in [0.15, 0.2) is 0 Å². The first-order valence-electron chi connectivity index (χ1n) is 5.33. The van der Waals surface area contributed by atoms with E-state index < -0.39 is 21.9 Å². The molecule has 1 aromatic heterocycles. The number of carbonyl (C=O) groups excluding carboxylic acids is 1. The Hall–Kier alpha value is -1.99. The summed E-state index contributed by atoms with van der Waals surface area (Å²) in [6, 6.07) is 7.46. The lowest BCUT2D eigenvalue weighted by molar-refractivity contribution is 0.0980. The summed E-state index contributed by atoms with van der Waals surface area (Å²) in [6.07, 6.45) is 1.07. The molecule has 2 rings (SSSR count). The molecule has 104 valence electrons. The summed E-state index contributed by atoms with van der Waals surface area (Å²) in [7, 11) is -4.07. The number of hydrogen-bond acceptors (Lipinski definition) is 4. The highest BCUT2D eigenvalue weighted by atomic mass is 35.5. The van der Waals surface area contributed by atoms with Crippen LogP contribution in [-0.4, -0.2) is 19.3 Å². The molecule has 0 fully saturated rings. The first kappa shape index (κ1) is 14.4. The SMILES string of the molecule is O=C(NS(=O)(=O)c1cccc(Cl)c1)c1ccnc(F)c1. The molecule has 1 N–H and O–H groups in total. The fraction of sp³-hybridized carbons (Fsp3) is 0. The molecule has 1 heterocycles. The van der Waals surface area contributed by atoms with Gasteiger partial charge < -0.3 is 0 Å². The molecular formula is C12H8ClFN2O3S. The fourth-order valence-electron chi connectivity index (χ4n) is 1.42. The highest BCUT2D eigenvalue weighted by Crippen LogP contribution is 2.15. The van der Waals surface area contributed by atoms with Gasteiger partial charge in [-0.05, 0) is 24.3 Å². The van der Waals surface area contributed by atoms with Crippen molar-refractivity contribution >= 4 is 27.5 Å². The lowest BCUT2D eigenvalue weighted by Crippen LogP contribution is -2.30. The Morgan fingerprint density at radius 1 is 1.25 bits per heavy atom. The number of rotatable bonds is 3. The summed E-state index contributed by atoms with van der Waals surface area (Å²) >= 11 is 5.69. The first-order chi connectivity index (χ1) is 9.38. The number of pyridine rings is 1. The van der Waals surface area contributed by atoms with E-state index >= 15 is 0 Å². The lowest BCUT2D eigenvalue weighted by atomic mass is 10.2. The maximum atomic E-state index is 12.9. The van der Waals surface area contributed by atoms with Gasteiger partial charge in [0.25, 0.3) is 15.9 Å². The molecule has 0 saturated heterocycles. The van der Waals surface area contributed by atoms with Gasteiger partial charge in [-0.25, -0.2) is 18.1 Å². The quantitative estimate of drug-likeness (QED) is 0.879. The Bertz CT molecular complexity index is 765. The van der Waals surface area contributed by atoms with Crippen LogP contribution in [-0.2, 0) is 10.0 Å². The Morgan fingerprint density at radius 3 is 2.65 bits per heavy atom. The summed E-state index contributed by atoms with van der Waals surface area (Å²) in [6.45, 7) is 0. The minimum Gasteiger partial charge on any atom is -0.268 e. The smallest absolute Gasteiger partial charge is 0.265 e. The summed E-state index contributed by atoms with van der Waals surface area (Å²) in [5.74, 6) is -1.83. The molecule has 8 heteroatoms. The minimum absolute atomic E-state index is 0.150. The molecule has 5 nitrogen and oxygen atoms in total. The summed E-state index contributed by atoms with van der Waals surface area (Å²) in [5, 5.41) is 0.218. The van der Waals surface area contributed by atoms with Crippen molar-refractivity contribution in [3.05, 3.63) is 59.1 Å². The van der Waals surface area contributed by atoms with Gasteiger partial charge in [-0.3, -0.25) is 4.79 Å². The highest BCUT2D eigenvalue weighted by molar-refractivity contribution is 7.90. The molecule has 0 saturated carbocycles. The zero-order valence-electron chi connectivity index (χ0n) is 9.88. The molecule has 0 unspecified atom stereocenters. The number of hydrogen-bond donors (Lipinski definition) is 1. The van der Waals surface area contributed by atoms with E-state index in [0.717, 1.165) is 12.3 Å². The molecule has 0 spiro atoms. The minimum atomic E-state index is -4.07. The molecule has 0 bridgehead atoms. The Balaban J connectivity index is 2.27. The number of sulfonamides is 1. The van der Waals surface area contributed by atoms with Gasteiger partial charge >= 0.3 is 0 Å². The number of carbonyl (C=O) groups is 1. The zero-order valence-corrected chi connectivity index (χ0v) is 11.5. The van der Waals surface area contributed by atoms with Gasteiger partial charge in [0.2, 0.25) is 5.95 Å². The van der Waals surface area contributed by atoms with Crippen LogP contribution >= 0.6 is 11.6 Å². The fourth-order valence-corrected chi connectivity index (χ4v) is 2.69. The molecule has 0 atom stereocenters. The van der Waals surface area contributed by atoms with Gasteiger partial charge in [0, 0.05) is 22.8 Å². The second-order valence-corrected chi connectivity index (χ2v) is 5.88. The molecular weight excluding hydrogens is 307 g/mol. The van der Waals surface area contributed by atoms with E-state index in [1.807, 2.05) is 4.72 Å². The topological polar surface area (TPSA) is 76.1 Å². The van der Waals surface area contributed by atoms with Crippen LogP contribution in [0.25, 0.3) is 0 Å². The lowest BCUT2D eigenvalue weighted by Gasteiger charge is -2.07. The molecule has 0 aliphatic carbocycles. The largest absolute Gasteiger partial charge is 0.268 e. The monoisotopic (exact) mass is 314 g/mol. The van der Waals surface area contributed by atoms with E-state index in [9.17, 15) is 17.6 Å². The third-order valence-electron chi connectivity index (χ3n) is 2.32. The van der Waals surface area contributed by atoms with Crippen LogP contribution < -0.4 is 4.72 Å². The maximum absolute atomic E-state index is 12.9. The Kier molecular flexibility index (Phi) is 4.01. The first-order valence-corrected chi connectivity index (χ1v) is 7.19. The van der Waals surface area contributed by atoms with Crippen molar-refractivity contribution in [2.24, 2.45) is 0 Å². The summed E-state index contributed by atoms with van der Waals surface area (Å²) in [4.78, 5) is 14.9. The van der Waals surface area contributed by atoms with Gasteiger partial charge in [-0.1, -0.05) is 17.7 Å². The van der Waals surface area contributed by atoms with E-state index in [4.69, 9.17) is 11.6 Å². The number of benzene rings is 1. The molecule has 0 aliphatic rings. The van der Waals surface area contributed by atoms with Crippen molar-refractivity contribution in [2.45, 2.75) is 4.90 Å². The molecule has 0 aliphatic heterocycles. The number of aromatic nitrogens is 1. The molecule has 1 amide bonds. The van der Waals surface area contributed by atoms with E-state index in [0.29, 0.717) is 0 Å². The second-order valence-electron chi connectivity index (χ2n) is 3.76. The van der Waals surface area contributed by atoms with Crippen LogP contribution in [0.3, 0.4) is 0 Å². The van der Waals surface area contributed by atoms with Crippen LogP contribution in [0.2, 0.25) is 5.02 Å². The third-order valence-corrected chi connectivity index (χ3v) is 3.89. The van der Waals surface area contributed by atoms with E-state index in [1.54, 1.807) is 0 Å². The van der Waals surface area contributed by atoms with Crippen LogP contribution in [0.4, 0.5) is 4.39 Å². The molecule has 0 radical (unpaired) electrons. The third kappa shape index (κ3) is 3.31. The van der Waals surface area contributed by atoms with Gasteiger partial charge in [0.1, 0.15) is 0 Å². The average molecular weight is 315 g/mol. The average Bonchev–Trinajstić information content (AvgIpc) is 2.38. The number of nitrogens with zero attached hydrogens (tertiary/aromatic N) is 1. The van der Waals surface area contributed by atoms with Crippen molar-refractivity contribution in [3.8, 4) is 0 Å². The predicted molar refractivity (Wildman–Crippen MR) is 70.3 cm³/mol. The standard InChI is InChI=1S/C12H8ClFN2O3S/c13-9-2-1-3-10(7-9)20(18,19)16-12(17)8-4-5-15-11(14)6-8/h1-7H,(H,16,17). The van der Waals surface area contributed by atoms with Crippen LogP contribution in [0.1, 0.15) is 10.4 Å². The zero-order chi connectivity index (χ0) is 14.8. The number of nitrogens with one attached hydrogen (secondary N) is 1. The maximum Gasteiger partial charge on any atom is 0.265 e. The van der Waals surface area contributed by atoms with Gasteiger partial charge in [-0.2, -0.15) is 4.39 Å². The van der Waals surface area contributed by atoms with Gasteiger partial charge in [-0.15, -0.1) is 0 Å². The number of halogens is 2. The van der Waals surface area contributed by atoms with Crippen molar-refractivity contribution in [3.63, 3.8) is 0 Å². The molecule has 20 heavy (non-hydrogen) atoms. The summed E-state index contributed by atoms with van der Waals surface area (Å²) in [5.41, 5.74) is -0.150. The predicted octanol–water partition coefficient (Wildman–Crippen LogP) is 1.99. The van der Waals surface area contributed by atoms with Crippen LogP contribution in [0, 0.1) is 5.95 Å². The van der Waals surface area contributed by atoms with Crippen LogP contribution in [0.15, 0.2) is 47.5 Å². The number of amides is 1. The normalized spacial score (nSPS) is 11.1. The molecule has 2 aromatic rings. The van der Waals surface area contributed by atoms with Gasteiger partial charge in [0.05, 0.1) is 4.90 Å². The van der Waals surface area contributed by atoms with Crippen molar-refractivity contribution in [2.75, 3.05) is 0 Å². The van der Waals surface area contributed by atoms with E-state index in [2.05, 4.69) is 4.98 Å².